The second-order valence-electron chi connectivity index (χ2n) is 4.24. The lowest BCUT2D eigenvalue weighted by Crippen LogP contribution is -2.36. The lowest BCUT2D eigenvalue weighted by atomic mass is 10.1. The summed E-state index contributed by atoms with van der Waals surface area (Å²) in [6.07, 6.45) is 0. The van der Waals surface area contributed by atoms with Gasteiger partial charge in [-0.3, -0.25) is 4.79 Å². The maximum absolute atomic E-state index is 11.7. The third-order valence-corrected chi connectivity index (χ3v) is 2.74. The van der Waals surface area contributed by atoms with E-state index in [1.165, 1.54) is 0 Å². The number of amides is 1. The van der Waals surface area contributed by atoms with Crippen molar-refractivity contribution in [1.82, 2.24) is 10.6 Å². The van der Waals surface area contributed by atoms with Crippen molar-refractivity contribution < 1.29 is 14.3 Å². The Labute approximate surface area is 114 Å². The van der Waals surface area contributed by atoms with Gasteiger partial charge < -0.3 is 20.1 Å². The Morgan fingerprint density at radius 2 is 2.16 bits per heavy atom. The van der Waals surface area contributed by atoms with Crippen molar-refractivity contribution in [3.05, 3.63) is 29.8 Å². The van der Waals surface area contributed by atoms with E-state index in [1.54, 1.807) is 14.2 Å². The molecule has 0 unspecified atom stereocenters. The Bertz CT molecular complexity index is 396. The molecule has 0 aliphatic rings. The minimum absolute atomic E-state index is 0.0357. The van der Waals surface area contributed by atoms with Crippen LogP contribution in [0.25, 0.3) is 0 Å². The van der Waals surface area contributed by atoms with Gasteiger partial charge in [-0.25, -0.2) is 0 Å². The van der Waals surface area contributed by atoms with E-state index in [0.717, 1.165) is 11.3 Å². The van der Waals surface area contributed by atoms with E-state index in [9.17, 15) is 4.79 Å². The van der Waals surface area contributed by atoms with Crippen LogP contribution in [-0.2, 0) is 9.53 Å². The first kappa shape index (κ1) is 15.5. The molecular weight excluding hydrogens is 244 g/mol. The van der Waals surface area contributed by atoms with Gasteiger partial charge in [-0.2, -0.15) is 0 Å². The van der Waals surface area contributed by atoms with Gasteiger partial charge in [0.2, 0.25) is 5.91 Å². The zero-order valence-electron chi connectivity index (χ0n) is 11.7. The summed E-state index contributed by atoms with van der Waals surface area (Å²) in [6, 6.07) is 7.62. The number of benzene rings is 1. The fourth-order valence-electron chi connectivity index (χ4n) is 1.66. The van der Waals surface area contributed by atoms with Crippen LogP contribution in [0.3, 0.4) is 0 Å². The highest BCUT2D eigenvalue weighted by molar-refractivity contribution is 5.78. The summed E-state index contributed by atoms with van der Waals surface area (Å²) >= 11 is 0. The average Bonchev–Trinajstić information content (AvgIpc) is 2.43. The Hall–Kier alpha value is -1.59. The van der Waals surface area contributed by atoms with Crippen LogP contribution in [0.1, 0.15) is 18.5 Å². The SMILES string of the molecule is COCCNCC(=O)N[C@@H](C)c1cccc(OC)c1. The van der Waals surface area contributed by atoms with Crippen molar-refractivity contribution in [2.45, 2.75) is 13.0 Å². The number of methoxy groups -OCH3 is 2. The third-order valence-electron chi connectivity index (χ3n) is 2.74. The standard InChI is InChI=1S/C14H22N2O3/c1-11(12-5-4-6-13(9-12)19-3)16-14(17)10-15-7-8-18-2/h4-6,9,11,15H,7-8,10H2,1-3H3,(H,16,17)/t11-/m0/s1. The van der Waals surface area contributed by atoms with Crippen molar-refractivity contribution in [3.8, 4) is 5.75 Å². The van der Waals surface area contributed by atoms with E-state index >= 15 is 0 Å². The van der Waals surface area contributed by atoms with Gasteiger partial charge >= 0.3 is 0 Å². The highest BCUT2D eigenvalue weighted by Gasteiger charge is 2.09. The monoisotopic (exact) mass is 266 g/mol. The van der Waals surface area contributed by atoms with E-state index in [0.29, 0.717) is 13.2 Å². The molecule has 0 aromatic heterocycles. The molecule has 0 spiro atoms. The van der Waals surface area contributed by atoms with E-state index < -0.39 is 0 Å². The first-order valence-electron chi connectivity index (χ1n) is 6.30. The zero-order chi connectivity index (χ0) is 14.1. The minimum atomic E-state index is -0.0492. The molecule has 1 aromatic rings. The number of ether oxygens (including phenoxy) is 2. The predicted octanol–water partition coefficient (Wildman–Crippen LogP) is 1.11. The van der Waals surface area contributed by atoms with Crippen LogP contribution in [-0.4, -0.2) is 39.8 Å². The van der Waals surface area contributed by atoms with Crippen molar-refractivity contribution >= 4 is 5.91 Å². The highest BCUT2D eigenvalue weighted by Crippen LogP contribution is 2.18. The summed E-state index contributed by atoms with van der Waals surface area (Å²) in [7, 11) is 3.26. The first-order chi connectivity index (χ1) is 9.17. The normalized spacial score (nSPS) is 11.9. The van der Waals surface area contributed by atoms with Gasteiger partial charge in [0.15, 0.2) is 0 Å². The van der Waals surface area contributed by atoms with Crippen LogP contribution < -0.4 is 15.4 Å². The molecular formula is C14H22N2O3. The van der Waals surface area contributed by atoms with E-state index in [1.807, 2.05) is 31.2 Å². The van der Waals surface area contributed by atoms with Gasteiger partial charge in [-0.15, -0.1) is 0 Å². The third kappa shape index (κ3) is 5.72. The van der Waals surface area contributed by atoms with Crippen molar-refractivity contribution in [1.29, 1.82) is 0 Å². The number of nitrogens with one attached hydrogen (secondary N) is 2. The maximum atomic E-state index is 11.7. The average molecular weight is 266 g/mol. The number of hydrogen-bond acceptors (Lipinski definition) is 4. The second kappa shape index (κ2) is 8.50. The molecule has 0 saturated carbocycles. The summed E-state index contributed by atoms with van der Waals surface area (Å²) in [5, 5.41) is 5.93. The van der Waals surface area contributed by atoms with Crippen molar-refractivity contribution in [3.63, 3.8) is 0 Å². The molecule has 0 bridgehead atoms. The highest BCUT2D eigenvalue weighted by atomic mass is 16.5. The van der Waals surface area contributed by atoms with E-state index in [-0.39, 0.29) is 18.5 Å². The topological polar surface area (TPSA) is 59.6 Å². The first-order valence-corrected chi connectivity index (χ1v) is 6.30. The fourth-order valence-corrected chi connectivity index (χ4v) is 1.66. The molecule has 0 aliphatic heterocycles. The van der Waals surface area contributed by atoms with Gasteiger partial charge in [0.25, 0.3) is 0 Å². The molecule has 0 fully saturated rings. The van der Waals surface area contributed by atoms with Crippen LogP contribution in [0.15, 0.2) is 24.3 Å². The summed E-state index contributed by atoms with van der Waals surface area (Å²) in [5.41, 5.74) is 1.02. The number of rotatable bonds is 8. The quantitative estimate of drug-likeness (QED) is 0.692. The van der Waals surface area contributed by atoms with E-state index in [4.69, 9.17) is 9.47 Å². The molecule has 0 aliphatic carbocycles. The summed E-state index contributed by atoms with van der Waals surface area (Å²) in [4.78, 5) is 11.7. The lowest BCUT2D eigenvalue weighted by molar-refractivity contribution is -0.120. The largest absolute Gasteiger partial charge is 0.497 e. The van der Waals surface area contributed by atoms with Gasteiger partial charge in [0, 0.05) is 13.7 Å². The molecule has 5 nitrogen and oxygen atoms in total. The molecule has 1 aromatic carbocycles. The van der Waals surface area contributed by atoms with Gasteiger partial charge in [-0.1, -0.05) is 12.1 Å². The second-order valence-corrected chi connectivity index (χ2v) is 4.24. The fraction of sp³-hybridized carbons (Fsp3) is 0.500. The summed E-state index contributed by atoms with van der Waals surface area (Å²) in [5.74, 6) is 0.753. The van der Waals surface area contributed by atoms with Crippen molar-refractivity contribution in [2.24, 2.45) is 0 Å². The molecule has 1 atom stereocenters. The zero-order valence-corrected chi connectivity index (χ0v) is 11.7. The van der Waals surface area contributed by atoms with Gasteiger partial charge in [-0.05, 0) is 24.6 Å². The van der Waals surface area contributed by atoms with Crippen LogP contribution in [0.4, 0.5) is 0 Å². The number of hydrogen-bond donors (Lipinski definition) is 2. The summed E-state index contributed by atoms with van der Waals surface area (Å²) < 4.78 is 10.1. The van der Waals surface area contributed by atoms with Crippen LogP contribution in [0.2, 0.25) is 0 Å². The minimum Gasteiger partial charge on any atom is -0.497 e. The lowest BCUT2D eigenvalue weighted by Gasteiger charge is -2.15. The van der Waals surface area contributed by atoms with Crippen molar-refractivity contribution in [2.75, 3.05) is 33.9 Å². The molecule has 19 heavy (non-hydrogen) atoms. The Morgan fingerprint density at radius 3 is 2.84 bits per heavy atom. The molecule has 0 heterocycles. The smallest absolute Gasteiger partial charge is 0.234 e. The molecule has 1 amide bonds. The molecule has 5 heteroatoms. The molecule has 1 rings (SSSR count). The Kier molecular flexibility index (Phi) is 6.92. The predicted molar refractivity (Wildman–Crippen MR) is 74.3 cm³/mol. The molecule has 0 saturated heterocycles. The van der Waals surface area contributed by atoms with E-state index in [2.05, 4.69) is 10.6 Å². The van der Waals surface area contributed by atoms with Gasteiger partial charge in [0.05, 0.1) is 26.3 Å². The number of carbonyl (C=O) groups is 1. The molecule has 2 N–H and O–H groups in total. The van der Waals surface area contributed by atoms with Crippen LogP contribution >= 0.6 is 0 Å². The Balaban J connectivity index is 2.40. The summed E-state index contributed by atoms with van der Waals surface area (Å²) in [6.45, 7) is 3.50. The Morgan fingerprint density at radius 1 is 1.37 bits per heavy atom. The van der Waals surface area contributed by atoms with Crippen LogP contribution in [0, 0.1) is 0 Å². The maximum Gasteiger partial charge on any atom is 0.234 e. The van der Waals surface area contributed by atoms with Crippen LogP contribution in [0.5, 0.6) is 5.75 Å². The number of carbonyl (C=O) groups excluding carboxylic acids is 1. The molecule has 106 valence electrons. The molecule has 0 radical (unpaired) electrons. The van der Waals surface area contributed by atoms with Gasteiger partial charge in [0.1, 0.15) is 5.75 Å².